The summed E-state index contributed by atoms with van der Waals surface area (Å²) in [5.74, 6) is 0.991. The van der Waals surface area contributed by atoms with Crippen LogP contribution in [0, 0.1) is 0 Å². The average molecular weight is 302 g/mol. The van der Waals surface area contributed by atoms with Crippen molar-refractivity contribution >= 4 is 39.4 Å². The van der Waals surface area contributed by atoms with Gasteiger partial charge < -0.3 is 14.8 Å². The third-order valence-corrected chi connectivity index (χ3v) is 4.34. The number of H-pyrrole nitrogens is 1. The van der Waals surface area contributed by atoms with Crippen molar-refractivity contribution < 1.29 is 0 Å². The van der Waals surface area contributed by atoms with Crippen molar-refractivity contribution in [3.05, 3.63) is 29.5 Å². The minimum absolute atomic E-state index is 0.709. The summed E-state index contributed by atoms with van der Waals surface area (Å²) >= 11 is 6.11. The lowest BCUT2D eigenvalue weighted by molar-refractivity contribution is 0.312. The van der Waals surface area contributed by atoms with E-state index in [0.717, 1.165) is 53.9 Å². The van der Waals surface area contributed by atoms with Crippen molar-refractivity contribution in [2.75, 3.05) is 38.1 Å². The maximum absolute atomic E-state index is 6.11. The van der Waals surface area contributed by atoms with Gasteiger partial charge in [-0.3, -0.25) is 0 Å². The molecule has 1 aliphatic rings. The number of aromatic nitrogens is 3. The van der Waals surface area contributed by atoms with Crippen LogP contribution in [0.15, 0.2) is 24.5 Å². The van der Waals surface area contributed by atoms with Crippen molar-refractivity contribution in [1.29, 1.82) is 0 Å². The second-order valence-electron chi connectivity index (χ2n) is 5.51. The van der Waals surface area contributed by atoms with Crippen molar-refractivity contribution in [1.82, 2.24) is 19.9 Å². The zero-order valence-electron chi connectivity index (χ0n) is 11.8. The van der Waals surface area contributed by atoms with Gasteiger partial charge in [0, 0.05) is 36.6 Å². The largest absolute Gasteiger partial charge is 0.352 e. The van der Waals surface area contributed by atoms with Crippen LogP contribution in [-0.2, 0) is 0 Å². The van der Waals surface area contributed by atoms with Crippen LogP contribution in [0.25, 0.3) is 21.9 Å². The van der Waals surface area contributed by atoms with E-state index in [9.17, 15) is 0 Å². The zero-order valence-corrected chi connectivity index (χ0v) is 12.6. The Morgan fingerprint density at radius 2 is 2.00 bits per heavy atom. The van der Waals surface area contributed by atoms with Gasteiger partial charge in [0.2, 0.25) is 0 Å². The van der Waals surface area contributed by atoms with Gasteiger partial charge in [-0.2, -0.15) is 0 Å². The molecule has 0 radical (unpaired) electrons. The van der Waals surface area contributed by atoms with Crippen LogP contribution >= 0.6 is 11.6 Å². The van der Waals surface area contributed by atoms with Gasteiger partial charge in [0.05, 0.1) is 11.8 Å². The number of likely N-dealkylation sites (N-methyl/N-ethyl adjacent to an activating group) is 1. The highest BCUT2D eigenvalue weighted by Gasteiger charge is 2.20. The molecule has 108 valence electrons. The van der Waals surface area contributed by atoms with Crippen molar-refractivity contribution in [3.8, 4) is 0 Å². The molecule has 4 rings (SSSR count). The first-order valence-electron chi connectivity index (χ1n) is 7.08. The number of rotatable bonds is 1. The highest BCUT2D eigenvalue weighted by Crippen LogP contribution is 2.30. The van der Waals surface area contributed by atoms with Crippen LogP contribution in [0.3, 0.4) is 0 Å². The second kappa shape index (κ2) is 4.86. The number of benzene rings is 1. The molecular weight excluding hydrogens is 286 g/mol. The Morgan fingerprint density at radius 3 is 2.81 bits per heavy atom. The molecule has 0 amide bonds. The first-order chi connectivity index (χ1) is 10.2. The van der Waals surface area contributed by atoms with Crippen LogP contribution < -0.4 is 4.90 Å². The van der Waals surface area contributed by atoms with Gasteiger partial charge in [-0.15, -0.1) is 0 Å². The average Bonchev–Trinajstić information content (AvgIpc) is 2.97. The number of hydrogen-bond acceptors (Lipinski definition) is 4. The Kier molecular flexibility index (Phi) is 2.97. The fraction of sp³-hybridized carbons (Fsp3) is 0.333. The summed E-state index contributed by atoms with van der Waals surface area (Å²) in [6, 6.07) is 5.77. The smallest absolute Gasteiger partial charge is 0.155 e. The molecule has 0 saturated carbocycles. The summed E-state index contributed by atoms with van der Waals surface area (Å²) in [6.45, 7) is 4.07. The number of fused-ring (bicyclic) bond motifs is 3. The van der Waals surface area contributed by atoms with E-state index in [1.807, 2.05) is 18.2 Å². The van der Waals surface area contributed by atoms with Crippen LogP contribution in [0.2, 0.25) is 5.02 Å². The van der Waals surface area contributed by atoms with E-state index in [4.69, 9.17) is 16.6 Å². The number of anilines is 1. The number of halogens is 1. The first kappa shape index (κ1) is 12.9. The van der Waals surface area contributed by atoms with Crippen LogP contribution in [0.4, 0.5) is 5.82 Å². The number of aromatic amines is 1. The number of piperazine rings is 1. The monoisotopic (exact) mass is 301 g/mol. The SMILES string of the molecule is CN1CCN(c2nc3ccc(Cl)cc3c3nc[nH]c23)CC1. The minimum Gasteiger partial charge on any atom is -0.352 e. The van der Waals surface area contributed by atoms with Gasteiger partial charge >= 0.3 is 0 Å². The van der Waals surface area contributed by atoms with E-state index in [1.54, 1.807) is 6.33 Å². The van der Waals surface area contributed by atoms with Crippen LogP contribution in [-0.4, -0.2) is 53.1 Å². The summed E-state index contributed by atoms with van der Waals surface area (Å²) < 4.78 is 0. The lowest BCUT2D eigenvalue weighted by atomic mass is 10.1. The third kappa shape index (κ3) is 2.13. The molecule has 0 atom stereocenters. The van der Waals surface area contributed by atoms with E-state index in [-0.39, 0.29) is 0 Å². The summed E-state index contributed by atoms with van der Waals surface area (Å²) in [6.07, 6.45) is 1.73. The molecule has 5 nitrogen and oxygen atoms in total. The van der Waals surface area contributed by atoms with Crippen molar-refractivity contribution in [2.45, 2.75) is 0 Å². The highest BCUT2D eigenvalue weighted by atomic mass is 35.5. The molecule has 0 bridgehead atoms. The topological polar surface area (TPSA) is 48.1 Å². The third-order valence-electron chi connectivity index (χ3n) is 4.11. The number of nitrogens with zero attached hydrogens (tertiary/aromatic N) is 4. The maximum Gasteiger partial charge on any atom is 0.155 e. The molecule has 0 spiro atoms. The maximum atomic E-state index is 6.11. The van der Waals surface area contributed by atoms with Gasteiger partial charge in [0.25, 0.3) is 0 Å². The van der Waals surface area contributed by atoms with Crippen LogP contribution in [0.5, 0.6) is 0 Å². The van der Waals surface area contributed by atoms with E-state index in [0.29, 0.717) is 5.02 Å². The highest BCUT2D eigenvalue weighted by molar-refractivity contribution is 6.31. The van der Waals surface area contributed by atoms with Crippen molar-refractivity contribution in [2.24, 2.45) is 0 Å². The Bertz CT molecular complexity index is 804. The minimum atomic E-state index is 0.709. The number of pyridine rings is 1. The molecule has 1 N–H and O–H groups in total. The van der Waals surface area contributed by atoms with Crippen molar-refractivity contribution in [3.63, 3.8) is 0 Å². The molecule has 1 saturated heterocycles. The molecule has 6 heteroatoms. The molecule has 21 heavy (non-hydrogen) atoms. The van der Waals surface area contributed by atoms with E-state index >= 15 is 0 Å². The van der Waals surface area contributed by atoms with Crippen LogP contribution in [0.1, 0.15) is 0 Å². The zero-order chi connectivity index (χ0) is 14.4. The molecule has 2 aromatic heterocycles. The Morgan fingerprint density at radius 1 is 1.19 bits per heavy atom. The van der Waals surface area contributed by atoms with Gasteiger partial charge in [0.15, 0.2) is 5.82 Å². The van der Waals surface area contributed by atoms with Gasteiger partial charge in [-0.25, -0.2) is 9.97 Å². The summed E-state index contributed by atoms with van der Waals surface area (Å²) in [5.41, 5.74) is 2.87. The van der Waals surface area contributed by atoms with E-state index in [1.165, 1.54) is 0 Å². The number of imidazole rings is 1. The summed E-state index contributed by atoms with van der Waals surface area (Å²) in [7, 11) is 2.15. The molecule has 1 aromatic carbocycles. The lowest BCUT2D eigenvalue weighted by Gasteiger charge is -2.33. The summed E-state index contributed by atoms with van der Waals surface area (Å²) in [5, 5.41) is 1.71. The Balaban J connectivity index is 1.91. The first-order valence-corrected chi connectivity index (χ1v) is 7.46. The quantitative estimate of drug-likeness (QED) is 0.750. The predicted octanol–water partition coefficient (Wildman–Crippen LogP) is 2.52. The van der Waals surface area contributed by atoms with E-state index < -0.39 is 0 Å². The summed E-state index contributed by atoms with van der Waals surface area (Å²) in [4.78, 5) is 17.2. The molecule has 0 unspecified atom stereocenters. The predicted molar refractivity (Wildman–Crippen MR) is 86.1 cm³/mol. The van der Waals surface area contributed by atoms with E-state index in [2.05, 4.69) is 26.8 Å². The van der Waals surface area contributed by atoms with Gasteiger partial charge in [0.1, 0.15) is 11.0 Å². The Labute approximate surface area is 127 Å². The lowest BCUT2D eigenvalue weighted by Crippen LogP contribution is -2.44. The molecule has 3 aromatic rings. The normalized spacial score (nSPS) is 17.0. The molecule has 1 aliphatic heterocycles. The standard InChI is InChI=1S/C15H16ClN5/c1-20-4-6-21(7-5-20)15-14-13(17-9-18-14)11-8-10(16)2-3-12(11)19-15/h2-3,8-9H,4-7H2,1H3,(H,17,18). The fourth-order valence-electron chi connectivity index (χ4n) is 2.88. The molecule has 0 aliphatic carbocycles. The fourth-order valence-corrected chi connectivity index (χ4v) is 3.05. The number of nitrogens with one attached hydrogen (secondary N) is 1. The molecular formula is C15H16ClN5. The second-order valence-corrected chi connectivity index (χ2v) is 5.95. The Hall–Kier alpha value is -1.85. The van der Waals surface area contributed by atoms with Gasteiger partial charge in [-0.1, -0.05) is 11.6 Å². The number of hydrogen-bond donors (Lipinski definition) is 1. The van der Waals surface area contributed by atoms with Gasteiger partial charge in [-0.05, 0) is 25.2 Å². The molecule has 1 fully saturated rings. The molecule has 3 heterocycles.